The third-order valence-corrected chi connectivity index (χ3v) is 2.78. The first-order valence-corrected chi connectivity index (χ1v) is 4.80. The Morgan fingerprint density at radius 1 is 1.67 bits per heavy atom. The average Bonchev–Trinajstić information content (AvgIpc) is 2.22. The molecule has 0 aromatic rings. The number of carbonyl (C=O) groups is 1. The van der Waals surface area contributed by atoms with Crippen LogP contribution in [-0.2, 0) is 14.3 Å². The van der Waals surface area contributed by atoms with E-state index in [1.807, 2.05) is 0 Å². The number of carbonyl (C=O) groups excluding carboxylic acids is 1. The summed E-state index contributed by atoms with van der Waals surface area (Å²) in [5, 5.41) is 19.2. The molecule has 1 rings (SSSR count). The van der Waals surface area contributed by atoms with Crippen molar-refractivity contribution in [2.24, 2.45) is 5.73 Å². The van der Waals surface area contributed by atoms with Crippen molar-refractivity contribution in [2.75, 3.05) is 13.7 Å². The Labute approximate surface area is 88.0 Å². The fraction of sp³-hybridized carbons (Fsp3) is 0.889. The molecule has 1 saturated heterocycles. The first kappa shape index (κ1) is 12.4. The van der Waals surface area contributed by atoms with Crippen LogP contribution in [-0.4, -0.2) is 53.7 Å². The van der Waals surface area contributed by atoms with Gasteiger partial charge in [-0.15, -0.1) is 0 Å². The van der Waals surface area contributed by atoms with Crippen LogP contribution in [0.3, 0.4) is 0 Å². The van der Waals surface area contributed by atoms with E-state index >= 15 is 0 Å². The Hall–Kier alpha value is -0.690. The first-order chi connectivity index (χ1) is 6.97. The van der Waals surface area contributed by atoms with Crippen molar-refractivity contribution in [2.45, 2.75) is 37.3 Å². The van der Waals surface area contributed by atoms with Crippen LogP contribution in [0.15, 0.2) is 0 Å². The zero-order valence-corrected chi connectivity index (χ0v) is 8.84. The molecule has 1 fully saturated rings. The highest BCUT2D eigenvalue weighted by molar-refractivity contribution is 5.81. The van der Waals surface area contributed by atoms with Crippen molar-refractivity contribution in [3.8, 4) is 0 Å². The average molecular weight is 219 g/mol. The highest BCUT2D eigenvalue weighted by Crippen LogP contribution is 2.29. The summed E-state index contributed by atoms with van der Waals surface area (Å²) in [7, 11) is 1.20. The van der Waals surface area contributed by atoms with Gasteiger partial charge >= 0.3 is 5.97 Å². The summed E-state index contributed by atoms with van der Waals surface area (Å²) in [5.74, 6) is -0.712. The third-order valence-electron chi connectivity index (χ3n) is 2.78. The van der Waals surface area contributed by atoms with Crippen molar-refractivity contribution in [3.05, 3.63) is 0 Å². The normalized spacial score (nSPS) is 41.3. The molecule has 0 aromatic heterocycles. The van der Waals surface area contributed by atoms with E-state index in [9.17, 15) is 15.0 Å². The standard InChI is InChI=1S/C9H17NO5/c1-5-6(11)3-7(12)9(4-10,15-5)8(13)14-2/h5-7,11-12H,3-4,10H2,1-2H3/t5-,6?,7?,9+/m1/s1. The van der Waals surface area contributed by atoms with E-state index in [1.54, 1.807) is 6.92 Å². The Kier molecular flexibility index (Phi) is 3.67. The van der Waals surface area contributed by atoms with Crippen molar-refractivity contribution < 1.29 is 24.5 Å². The van der Waals surface area contributed by atoms with E-state index in [1.165, 1.54) is 7.11 Å². The number of rotatable bonds is 2. The Morgan fingerprint density at radius 3 is 2.73 bits per heavy atom. The Balaban J connectivity index is 2.92. The van der Waals surface area contributed by atoms with Crippen molar-refractivity contribution in [1.29, 1.82) is 0 Å². The van der Waals surface area contributed by atoms with Gasteiger partial charge < -0.3 is 25.4 Å². The van der Waals surface area contributed by atoms with Gasteiger partial charge in [-0.3, -0.25) is 0 Å². The molecule has 6 nitrogen and oxygen atoms in total. The van der Waals surface area contributed by atoms with E-state index in [2.05, 4.69) is 4.74 Å². The van der Waals surface area contributed by atoms with E-state index in [-0.39, 0.29) is 13.0 Å². The number of methoxy groups -OCH3 is 1. The minimum Gasteiger partial charge on any atom is -0.467 e. The maximum Gasteiger partial charge on any atom is 0.342 e. The second kappa shape index (κ2) is 4.44. The van der Waals surface area contributed by atoms with Gasteiger partial charge in [-0.2, -0.15) is 0 Å². The second-order valence-corrected chi connectivity index (χ2v) is 3.73. The highest BCUT2D eigenvalue weighted by Gasteiger charge is 2.52. The summed E-state index contributed by atoms with van der Waals surface area (Å²) in [6.07, 6.45) is -2.46. The summed E-state index contributed by atoms with van der Waals surface area (Å²) in [6.45, 7) is 1.43. The summed E-state index contributed by atoms with van der Waals surface area (Å²) >= 11 is 0. The van der Waals surface area contributed by atoms with Crippen LogP contribution in [0.5, 0.6) is 0 Å². The lowest BCUT2D eigenvalue weighted by molar-refractivity contribution is -0.229. The number of ether oxygens (including phenoxy) is 2. The van der Waals surface area contributed by atoms with Crippen LogP contribution in [0.2, 0.25) is 0 Å². The van der Waals surface area contributed by atoms with Gasteiger partial charge in [0, 0.05) is 13.0 Å². The smallest absolute Gasteiger partial charge is 0.342 e. The van der Waals surface area contributed by atoms with Crippen LogP contribution in [0.1, 0.15) is 13.3 Å². The highest BCUT2D eigenvalue weighted by atomic mass is 16.6. The molecule has 0 spiro atoms. The first-order valence-electron chi connectivity index (χ1n) is 4.80. The fourth-order valence-corrected chi connectivity index (χ4v) is 1.72. The largest absolute Gasteiger partial charge is 0.467 e. The van der Waals surface area contributed by atoms with Crippen molar-refractivity contribution in [3.63, 3.8) is 0 Å². The fourth-order valence-electron chi connectivity index (χ4n) is 1.72. The van der Waals surface area contributed by atoms with E-state index in [0.717, 1.165) is 0 Å². The van der Waals surface area contributed by atoms with Gasteiger partial charge in [-0.1, -0.05) is 0 Å². The SMILES string of the molecule is COC(=O)[C@@]1(CN)O[C@H](C)C(O)CC1O. The quantitative estimate of drug-likeness (QED) is 0.483. The summed E-state index contributed by atoms with van der Waals surface area (Å²) in [6, 6.07) is 0. The third kappa shape index (κ3) is 1.98. The van der Waals surface area contributed by atoms with Crippen LogP contribution >= 0.6 is 0 Å². The second-order valence-electron chi connectivity index (χ2n) is 3.73. The van der Waals surface area contributed by atoms with Crippen LogP contribution in [0.25, 0.3) is 0 Å². The summed E-state index contributed by atoms with van der Waals surface area (Å²) < 4.78 is 9.85. The lowest BCUT2D eigenvalue weighted by atomic mass is 9.87. The lowest BCUT2D eigenvalue weighted by Gasteiger charge is -2.42. The monoisotopic (exact) mass is 219 g/mol. The summed E-state index contributed by atoms with van der Waals surface area (Å²) in [4.78, 5) is 11.5. The van der Waals surface area contributed by atoms with Gasteiger partial charge in [-0.05, 0) is 6.92 Å². The molecule has 4 atom stereocenters. The maximum absolute atomic E-state index is 11.5. The molecule has 6 heteroatoms. The molecule has 0 aromatic carbocycles. The van der Waals surface area contributed by atoms with Crippen molar-refractivity contribution >= 4 is 5.97 Å². The molecular formula is C9H17NO5. The summed E-state index contributed by atoms with van der Waals surface area (Å²) in [5.41, 5.74) is 3.90. The minimum absolute atomic E-state index is 0.0491. The molecule has 0 bridgehead atoms. The predicted octanol–water partition coefficient (Wildman–Crippen LogP) is -1.61. The topological polar surface area (TPSA) is 102 Å². The number of hydrogen-bond acceptors (Lipinski definition) is 6. The van der Waals surface area contributed by atoms with Crippen LogP contribution in [0, 0.1) is 0 Å². The van der Waals surface area contributed by atoms with E-state index < -0.39 is 29.9 Å². The van der Waals surface area contributed by atoms with E-state index in [4.69, 9.17) is 10.5 Å². The van der Waals surface area contributed by atoms with Gasteiger partial charge in [0.2, 0.25) is 5.60 Å². The molecular weight excluding hydrogens is 202 g/mol. The molecule has 88 valence electrons. The molecule has 0 amide bonds. The zero-order valence-electron chi connectivity index (χ0n) is 8.84. The van der Waals surface area contributed by atoms with Crippen LogP contribution in [0.4, 0.5) is 0 Å². The number of esters is 1. The van der Waals surface area contributed by atoms with Gasteiger partial charge in [0.15, 0.2) is 0 Å². The van der Waals surface area contributed by atoms with Gasteiger partial charge in [-0.25, -0.2) is 4.79 Å². The molecule has 4 N–H and O–H groups in total. The molecule has 1 aliphatic heterocycles. The zero-order chi connectivity index (χ0) is 11.6. The number of aliphatic hydroxyl groups excluding tert-OH is 2. The lowest BCUT2D eigenvalue weighted by Crippen LogP contribution is -2.64. The van der Waals surface area contributed by atoms with Crippen LogP contribution < -0.4 is 5.73 Å². The predicted molar refractivity (Wildman–Crippen MR) is 51.0 cm³/mol. The minimum atomic E-state index is -1.55. The number of aliphatic hydroxyl groups is 2. The van der Waals surface area contributed by atoms with Gasteiger partial charge in [0.1, 0.15) is 0 Å². The van der Waals surface area contributed by atoms with Gasteiger partial charge in [0.25, 0.3) is 0 Å². The van der Waals surface area contributed by atoms with E-state index in [0.29, 0.717) is 0 Å². The Bertz CT molecular complexity index is 247. The number of nitrogens with two attached hydrogens (primary N) is 1. The molecule has 1 heterocycles. The Morgan fingerprint density at radius 2 is 2.27 bits per heavy atom. The molecule has 0 aliphatic carbocycles. The molecule has 1 aliphatic rings. The molecule has 15 heavy (non-hydrogen) atoms. The number of hydrogen-bond donors (Lipinski definition) is 3. The molecule has 2 unspecified atom stereocenters. The molecule has 0 saturated carbocycles. The van der Waals surface area contributed by atoms with Gasteiger partial charge in [0.05, 0.1) is 25.4 Å². The van der Waals surface area contributed by atoms with Crippen molar-refractivity contribution in [1.82, 2.24) is 0 Å². The molecule has 0 radical (unpaired) electrons. The maximum atomic E-state index is 11.5.